The molecule has 1 aliphatic heterocycles. The van der Waals surface area contributed by atoms with E-state index in [1.54, 1.807) is 18.2 Å². The SMILES string of the molecule is COC(=O)c1ccccc1N1CCN(C(=O)Cc2ccc(Cl)cc2)CC1. The average molecular weight is 373 g/mol. The molecule has 6 heteroatoms. The van der Waals surface area contributed by atoms with Crippen LogP contribution < -0.4 is 4.90 Å². The van der Waals surface area contributed by atoms with Crippen molar-refractivity contribution in [3.05, 3.63) is 64.7 Å². The fraction of sp³-hybridized carbons (Fsp3) is 0.300. The lowest BCUT2D eigenvalue weighted by Crippen LogP contribution is -2.49. The molecule has 136 valence electrons. The minimum atomic E-state index is -0.346. The topological polar surface area (TPSA) is 49.9 Å². The number of rotatable bonds is 4. The van der Waals surface area contributed by atoms with Crippen LogP contribution >= 0.6 is 11.6 Å². The summed E-state index contributed by atoms with van der Waals surface area (Å²) in [5.74, 6) is -0.241. The third-order valence-corrected chi connectivity index (χ3v) is 4.80. The summed E-state index contributed by atoms with van der Waals surface area (Å²) >= 11 is 5.88. The van der Waals surface area contributed by atoms with Gasteiger partial charge in [0.2, 0.25) is 5.91 Å². The Morgan fingerprint density at radius 3 is 2.31 bits per heavy atom. The highest BCUT2D eigenvalue weighted by atomic mass is 35.5. The lowest BCUT2D eigenvalue weighted by atomic mass is 10.1. The summed E-state index contributed by atoms with van der Waals surface area (Å²) in [5, 5.41) is 0.666. The molecule has 26 heavy (non-hydrogen) atoms. The summed E-state index contributed by atoms with van der Waals surface area (Å²) in [4.78, 5) is 28.5. The number of methoxy groups -OCH3 is 1. The molecule has 1 amide bonds. The summed E-state index contributed by atoms with van der Waals surface area (Å²) in [5.41, 5.74) is 2.36. The average Bonchev–Trinajstić information content (AvgIpc) is 2.69. The van der Waals surface area contributed by atoms with Crippen molar-refractivity contribution in [1.29, 1.82) is 0 Å². The van der Waals surface area contributed by atoms with E-state index in [-0.39, 0.29) is 11.9 Å². The number of carbonyl (C=O) groups is 2. The Balaban J connectivity index is 1.62. The first kappa shape index (κ1) is 18.3. The molecule has 0 unspecified atom stereocenters. The molecule has 1 fully saturated rings. The molecule has 0 spiro atoms. The van der Waals surface area contributed by atoms with Crippen LogP contribution in [0.25, 0.3) is 0 Å². The van der Waals surface area contributed by atoms with Gasteiger partial charge in [0.05, 0.1) is 24.8 Å². The molecule has 1 saturated heterocycles. The van der Waals surface area contributed by atoms with Crippen molar-refractivity contribution in [2.24, 2.45) is 0 Å². The molecule has 0 radical (unpaired) electrons. The fourth-order valence-corrected chi connectivity index (χ4v) is 3.24. The predicted molar refractivity (Wildman–Crippen MR) is 102 cm³/mol. The number of hydrogen-bond acceptors (Lipinski definition) is 4. The van der Waals surface area contributed by atoms with Gasteiger partial charge in [-0.3, -0.25) is 4.79 Å². The van der Waals surface area contributed by atoms with Crippen molar-refractivity contribution in [3.63, 3.8) is 0 Å². The second kappa shape index (κ2) is 8.23. The fourth-order valence-electron chi connectivity index (χ4n) is 3.12. The molecule has 5 nitrogen and oxygen atoms in total. The number of ether oxygens (including phenoxy) is 1. The maximum absolute atomic E-state index is 12.5. The molecule has 0 aliphatic carbocycles. The molecule has 0 saturated carbocycles. The van der Waals surface area contributed by atoms with Gasteiger partial charge in [0.15, 0.2) is 0 Å². The molecule has 3 rings (SSSR count). The zero-order valence-corrected chi connectivity index (χ0v) is 15.4. The van der Waals surface area contributed by atoms with Gasteiger partial charge in [0.25, 0.3) is 0 Å². The van der Waals surface area contributed by atoms with Crippen molar-refractivity contribution >= 4 is 29.2 Å². The number of anilines is 1. The molecule has 0 N–H and O–H groups in total. The Labute approximate surface area is 158 Å². The zero-order chi connectivity index (χ0) is 18.5. The van der Waals surface area contributed by atoms with Gasteiger partial charge in [0, 0.05) is 31.2 Å². The lowest BCUT2D eigenvalue weighted by Gasteiger charge is -2.36. The number of piperazine rings is 1. The highest BCUT2D eigenvalue weighted by molar-refractivity contribution is 6.30. The Bertz CT molecular complexity index is 784. The highest BCUT2D eigenvalue weighted by Gasteiger charge is 2.24. The van der Waals surface area contributed by atoms with Crippen LogP contribution in [-0.4, -0.2) is 50.1 Å². The van der Waals surface area contributed by atoms with Crippen molar-refractivity contribution in [1.82, 2.24) is 4.90 Å². The molecule has 0 aromatic heterocycles. The minimum absolute atomic E-state index is 0.105. The third-order valence-electron chi connectivity index (χ3n) is 4.55. The molecule has 1 aliphatic rings. The normalized spacial score (nSPS) is 14.2. The van der Waals surface area contributed by atoms with Crippen molar-refractivity contribution in [3.8, 4) is 0 Å². The van der Waals surface area contributed by atoms with Gasteiger partial charge in [-0.05, 0) is 29.8 Å². The van der Waals surface area contributed by atoms with Crippen LogP contribution in [0, 0.1) is 0 Å². The predicted octanol–water partition coefficient (Wildman–Crippen LogP) is 3.02. The number of esters is 1. The number of nitrogens with zero attached hydrogens (tertiary/aromatic N) is 2. The summed E-state index contributed by atoms with van der Waals surface area (Å²) in [6, 6.07) is 14.8. The second-order valence-corrected chi connectivity index (χ2v) is 6.62. The second-order valence-electron chi connectivity index (χ2n) is 6.18. The molecule has 0 bridgehead atoms. The van der Waals surface area contributed by atoms with E-state index < -0.39 is 0 Å². The van der Waals surface area contributed by atoms with E-state index in [0.717, 1.165) is 11.3 Å². The summed E-state index contributed by atoms with van der Waals surface area (Å²) in [7, 11) is 1.38. The van der Waals surface area contributed by atoms with E-state index in [0.29, 0.717) is 43.2 Å². The van der Waals surface area contributed by atoms with E-state index in [2.05, 4.69) is 4.90 Å². The maximum Gasteiger partial charge on any atom is 0.339 e. The van der Waals surface area contributed by atoms with Crippen LogP contribution in [0.1, 0.15) is 15.9 Å². The standard InChI is InChI=1S/C20H21ClN2O3/c1-26-20(25)17-4-2-3-5-18(17)22-10-12-23(13-11-22)19(24)14-15-6-8-16(21)9-7-15/h2-9H,10-14H2,1H3. The van der Waals surface area contributed by atoms with Crippen LogP contribution in [0.2, 0.25) is 5.02 Å². The van der Waals surface area contributed by atoms with Gasteiger partial charge < -0.3 is 14.5 Å². The first-order chi connectivity index (χ1) is 12.6. The van der Waals surface area contributed by atoms with E-state index in [1.165, 1.54) is 7.11 Å². The lowest BCUT2D eigenvalue weighted by molar-refractivity contribution is -0.130. The quantitative estimate of drug-likeness (QED) is 0.774. The Kier molecular flexibility index (Phi) is 5.78. The van der Waals surface area contributed by atoms with Crippen LogP contribution in [-0.2, 0) is 16.0 Å². The summed E-state index contributed by atoms with van der Waals surface area (Å²) in [6.45, 7) is 2.62. The number of hydrogen-bond donors (Lipinski definition) is 0. The van der Waals surface area contributed by atoms with E-state index in [9.17, 15) is 9.59 Å². The maximum atomic E-state index is 12.5. The zero-order valence-electron chi connectivity index (χ0n) is 14.7. The van der Waals surface area contributed by atoms with Crippen molar-refractivity contribution in [2.75, 3.05) is 38.2 Å². The Morgan fingerprint density at radius 2 is 1.65 bits per heavy atom. The van der Waals surface area contributed by atoms with Gasteiger partial charge in [0.1, 0.15) is 0 Å². The number of para-hydroxylation sites is 1. The van der Waals surface area contributed by atoms with Crippen LogP contribution in [0.4, 0.5) is 5.69 Å². The highest BCUT2D eigenvalue weighted by Crippen LogP contribution is 2.23. The van der Waals surface area contributed by atoms with E-state index in [4.69, 9.17) is 16.3 Å². The van der Waals surface area contributed by atoms with Gasteiger partial charge >= 0.3 is 5.97 Å². The Morgan fingerprint density at radius 1 is 1.00 bits per heavy atom. The summed E-state index contributed by atoms with van der Waals surface area (Å²) in [6.07, 6.45) is 0.371. The number of carbonyl (C=O) groups excluding carboxylic acids is 2. The third kappa shape index (κ3) is 4.17. The number of halogens is 1. The van der Waals surface area contributed by atoms with Gasteiger partial charge in [-0.25, -0.2) is 4.79 Å². The number of benzene rings is 2. The van der Waals surface area contributed by atoms with Crippen LogP contribution in [0.15, 0.2) is 48.5 Å². The smallest absolute Gasteiger partial charge is 0.339 e. The number of amides is 1. The molecule has 1 heterocycles. The van der Waals surface area contributed by atoms with Crippen LogP contribution in [0.5, 0.6) is 0 Å². The van der Waals surface area contributed by atoms with Gasteiger partial charge in [-0.2, -0.15) is 0 Å². The Hall–Kier alpha value is -2.53. The first-order valence-electron chi connectivity index (χ1n) is 8.53. The molecule has 2 aromatic carbocycles. The summed E-state index contributed by atoms with van der Waals surface area (Å²) < 4.78 is 4.86. The largest absolute Gasteiger partial charge is 0.465 e. The molecule has 0 atom stereocenters. The van der Waals surface area contributed by atoms with Gasteiger partial charge in [-0.1, -0.05) is 35.9 Å². The van der Waals surface area contributed by atoms with Crippen molar-refractivity contribution < 1.29 is 14.3 Å². The van der Waals surface area contributed by atoms with E-state index in [1.807, 2.05) is 35.2 Å². The van der Waals surface area contributed by atoms with E-state index >= 15 is 0 Å². The van der Waals surface area contributed by atoms with Crippen molar-refractivity contribution in [2.45, 2.75) is 6.42 Å². The first-order valence-corrected chi connectivity index (χ1v) is 8.91. The monoisotopic (exact) mass is 372 g/mol. The molecule has 2 aromatic rings. The van der Waals surface area contributed by atoms with Gasteiger partial charge in [-0.15, -0.1) is 0 Å². The molecular weight excluding hydrogens is 352 g/mol. The van der Waals surface area contributed by atoms with Crippen LogP contribution in [0.3, 0.4) is 0 Å². The molecular formula is C20H21ClN2O3. The minimum Gasteiger partial charge on any atom is -0.465 e.